The maximum atomic E-state index is 6.73. The van der Waals surface area contributed by atoms with Crippen LogP contribution in [0.5, 0.6) is 0 Å². The van der Waals surface area contributed by atoms with Gasteiger partial charge in [-0.25, -0.2) is 15.0 Å². The number of aromatic nitrogens is 3. The van der Waals surface area contributed by atoms with Crippen molar-refractivity contribution in [3.05, 3.63) is 176 Å². The number of fused-ring (bicyclic) bond motifs is 8. The summed E-state index contributed by atoms with van der Waals surface area (Å²) < 4.78 is 13.2. The van der Waals surface area contributed by atoms with Gasteiger partial charge in [0, 0.05) is 38.1 Å². The molecule has 54 heavy (non-hydrogen) atoms. The van der Waals surface area contributed by atoms with Crippen LogP contribution in [-0.2, 0) is 0 Å². The highest BCUT2D eigenvalue weighted by Crippen LogP contribution is 2.41. The number of benzene rings is 8. The van der Waals surface area contributed by atoms with Crippen LogP contribution in [0.3, 0.4) is 0 Å². The first-order valence-corrected chi connectivity index (χ1v) is 18.0. The van der Waals surface area contributed by atoms with Gasteiger partial charge in [-0.2, -0.15) is 0 Å². The molecule has 252 valence electrons. The molecule has 3 aromatic heterocycles. The van der Waals surface area contributed by atoms with Crippen LogP contribution in [0.15, 0.2) is 185 Å². The monoisotopic (exact) mass is 691 g/mol. The molecule has 11 aromatic rings. The second-order valence-corrected chi connectivity index (χ2v) is 13.6. The van der Waals surface area contributed by atoms with Crippen molar-refractivity contribution in [3.8, 4) is 56.4 Å². The van der Waals surface area contributed by atoms with Crippen LogP contribution in [0, 0.1) is 0 Å². The average molecular weight is 692 g/mol. The van der Waals surface area contributed by atoms with E-state index in [1.165, 1.54) is 11.1 Å². The van der Waals surface area contributed by atoms with Crippen molar-refractivity contribution in [2.75, 3.05) is 0 Å². The van der Waals surface area contributed by atoms with E-state index < -0.39 is 0 Å². The molecule has 0 aliphatic carbocycles. The Morgan fingerprint density at radius 3 is 1.72 bits per heavy atom. The number of hydrogen-bond acceptors (Lipinski definition) is 5. The van der Waals surface area contributed by atoms with Gasteiger partial charge in [-0.05, 0) is 58.0 Å². The minimum atomic E-state index is 0.539. The molecule has 0 radical (unpaired) electrons. The van der Waals surface area contributed by atoms with E-state index in [2.05, 4.69) is 103 Å². The lowest BCUT2D eigenvalue weighted by Crippen LogP contribution is -2.00. The molecule has 0 bridgehead atoms. The number of hydrogen-bond donors (Lipinski definition) is 0. The van der Waals surface area contributed by atoms with Crippen molar-refractivity contribution in [1.82, 2.24) is 15.0 Å². The van der Waals surface area contributed by atoms with Crippen LogP contribution in [0.25, 0.3) is 111 Å². The molecule has 0 unspecified atom stereocenters. The van der Waals surface area contributed by atoms with E-state index in [0.717, 1.165) is 82.5 Å². The first-order valence-electron chi connectivity index (χ1n) is 18.0. The van der Waals surface area contributed by atoms with Crippen LogP contribution in [0.2, 0.25) is 0 Å². The van der Waals surface area contributed by atoms with E-state index in [-0.39, 0.29) is 0 Å². The van der Waals surface area contributed by atoms with Crippen LogP contribution in [-0.4, -0.2) is 15.0 Å². The van der Waals surface area contributed by atoms with Gasteiger partial charge in [0.2, 0.25) is 0 Å². The summed E-state index contributed by atoms with van der Waals surface area (Å²) in [5.41, 5.74) is 10.4. The number of furan rings is 2. The van der Waals surface area contributed by atoms with E-state index in [1.54, 1.807) is 0 Å². The van der Waals surface area contributed by atoms with Gasteiger partial charge in [-0.1, -0.05) is 146 Å². The fourth-order valence-electron chi connectivity index (χ4n) is 7.71. The highest BCUT2D eigenvalue weighted by molar-refractivity contribution is 6.17. The Labute approximate surface area is 309 Å². The first-order chi connectivity index (χ1) is 26.7. The molecule has 5 heteroatoms. The smallest absolute Gasteiger partial charge is 0.167 e. The Morgan fingerprint density at radius 2 is 0.907 bits per heavy atom. The van der Waals surface area contributed by atoms with Gasteiger partial charge in [-0.15, -0.1) is 0 Å². The maximum absolute atomic E-state index is 6.73. The quantitative estimate of drug-likeness (QED) is 0.180. The van der Waals surface area contributed by atoms with Gasteiger partial charge in [0.15, 0.2) is 17.5 Å². The van der Waals surface area contributed by atoms with Crippen molar-refractivity contribution >= 4 is 54.6 Å². The molecule has 0 fully saturated rings. The van der Waals surface area contributed by atoms with Crippen molar-refractivity contribution in [2.24, 2.45) is 0 Å². The lowest BCUT2D eigenvalue weighted by atomic mass is 9.98. The van der Waals surface area contributed by atoms with Gasteiger partial charge in [0.1, 0.15) is 22.3 Å². The van der Waals surface area contributed by atoms with E-state index in [4.69, 9.17) is 23.8 Å². The largest absolute Gasteiger partial charge is 0.456 e. The van der Waals surface area contributed by atoms with Crippen LogP contribution < -0.4 is 0 Å². The van der Waals surface area contributed by atoms with Gasteiger partial charge in [-0.3, -0.25) is 0 Å². The van der Waals surface area contributed by atoms with Crippen molar-refractivity contribution < 1.29 is 8.83 Å². The van der Waals surface area contributed by atoms with E-state index in [1.807, 2.05) is 72.8 Å². The fourth-order valence-corrected chi connectivity index (χ4v) is 7.71. The highest BCUT2D eigenvalue weighted by atomic mass is 16.3. The lowest BCUT2D eigenvalue weighted by molar-refractivity contribution is 0.669. The Kier molecular flexibility index (Phi) is 6.79. The molecule has 0 saturated carbocycles. The zero-order valence-electron chi connectivity index (χ0n) is 28.9. The molecule has 0 spiro atoms. The lowest BCUT2D eigenvalue weighted by Gasteiger charge is -2.10. The zero-order chi connectivity index (χ0) is 35.6. The van der Waals surface area contributed by atoms with Gasteiger partial charge >= 0.3 is 0 Å². The van der Waals surface area contributed by atoms with E-state index in [0.29, 0.717) is 17.5 Å². The molecule has 5 nitrogen and oxygen atoms in total. The summed E-state index contributed by atoms with van der Waals surface area (Å²) in [6.45, 7) is 0. The Bertz CT molecular complexity index is 3200. The minimum Gasteiger partial charge on any atom is -0.456 e. The van der Waals surface area contributed by atoms with Crippen molar-refractivity contribution in [1.29, 1.82) is 0 Å². The third kappa shape index (κ3) is 4.90. The summed E-state index contributed by atoms with van der Waals surface area (Å²) in [5, 5.41) is 6.24. The maximum Gasteiger partial charge on any atom is 0.167 e. The topological polar surface area (TPSA) is 65.0 Å². The summed E-state index contributed by atoms with van der Waals surface area (Å²) >= 11 is 0. The average Bonchev–Trinajstić information content (AvgIpc) is 3.83. The fraction of sp³-hybridized carbons (Fsp3) is 0. The predicted molar refractivity (Wildman–Crippen MR) is 219 cm³/mol. The van der Waals surface area contributed by atoms with Gasteiger partial charge < -0.3 is 8.83 Å². The van der Waals surface area contributed by atoms with Crippen LogP contribution >= 0.6 is 0 Å². The molecule has 0 atom stereocenters. The molecule has 0 N–H and O–H groups in total. The van der Waals surface area contributed by atoms with Crippen LogP contribution in [0.1, 0.15) is 0 Å². The summed E-state index contributed by atoms with van der Waals surface area (Å²) in [6, 6.07) is 60.4. The number of nitrogens with zero attached hydrogens (tertiary/aromatic N) is 3. The molecule has 0 amide bonds. The molecule has 11 rings (SSSR count). The SMILES string of the molecule is c1ccc(-c2ccc(-c3ccc4oc5cccc(-c6nc(-c7ccccc7)nc(-c7cccc8c7oc7c9ccccc9ccc87)n6)c5c4c3)cc2)cc1. The van der Waals surface area contributed by atoms with Crippen molar-refractivity contribution in [3.63, 3.8) is 0 Å². The normalized spacial score (nSPS) is 11.7. The zero-order valence-corrected chi connectivity index (χ0v) is 28.9. The van der Waals surface area contributed by atoms with Crippen LogP contribution in [0.4, 0.5) is 0 Å². The molecular weight excluding hydrogens is 663 g/mol. The standard InChI is InChI=1S/C49H29N3O2/c1-3-11-30(12-4-1)31-21-23-32(24-22-31)35-26-28-42-41(29-35)44-39(18-10-20-43(44)53-42)48-50-47(34-14-5-2-6-15-34)51-49(52-48)40-19-9-17-37-38-27-25-33-13-7-8-16-36(33)45(38)54-46(37)40/h1-29H. The minimum absolute atomic E-state index is 0.539. The summed E-state index contributed by atoms with van der Waals surface area (Å²) in [6.07, 6.45) is 0. The summed E-state index contributed by atoms with van der Waals surface area (Å²) in [4.78, 5) is 15.4. The molecule has 0 aliphatic rings. The predicted octanol–water partition coefficient (Wildman–Crippen LogP) is 13.2. The summed E-state index contributed by atoms with van der Waals surface area (Å²) in [7, 11) is 0. The van der Waals surface area contributed by atoms with E-state index in [9.17, 15) is 0 Å². The summed E-state index contributed by atoms with van der Waals surface area (Å²) in [5.74, 6) is 1.68. The third-order valence-corrected chi connectivity index (χ3v) is 10.4. The number of rotatable bonds is 5. The van der Waals surface area contributed by atoms with E-state index >= 15 is 0 Å². The molecule has 3 heterocycles. The Hall–Kier alpha value is -7.37. The second-order valence-electron chi connectivity index (χ2n) is 13.6. The molecule has 0 saturated heterocycles. The molecule has 8 aromatic carbocycles. The second kappa shape index (κ2) is 12.1. The number of para-hydroxylation sites is 1. The Balaban J connectivity index is 1.10. The molecule has 0 aliphatic heterocycles. The van der Waals surface area contributed by atoms with Crippen molar-refractivity contribution in [2.45, 2.75) is 0 Å². The highest BCUT2D eigenvalue weighted by Gasteiger charge is 2.21. The third-order valence-electron chi connectivity index (χ3n) is 10.4. The Morgan fingerprint density at radius 1 is 0.315 bits per heavy atom. The first kappa shape index (κ1) is 30.3. The molecular formula is C49H29N3O2. The van der Waals surface area contributed by atoms with Gasteiger partial charge in [0.05, 0.1) is 5.56 Å². The van der Waals surface area contributed by atoms with Gasteiger partial charge in [0.25, 0.3) is 0 Å².